The molecular weight excluding hydrogens is 343 g/mol. The van der Waals surface area contributed by atoms with Crippen LogP contribution < -0.4 is 16.1 Å². The van der Waals surface area contributed by atoms with Gasteiger partial charge in [0.05, 0.1) is 0 Å². The fourth-order valence-corrected chi connectivity index (χ4v) is 5.31. The fraction of sp³-hybridized carbons (Fsp3) is 0. The SMILES string of the molecule is O=P(c1ccccc1)(c1ccccc1)N1NN=N/C1=C/c1ccccc1. The molecule has 0 atom stereocenters. The minimum atomic E-state index is -3.20. The molecule has 5 nitrogen and oxygen atoms in total. The summed E-state index contributed by atoms with van der Waals surface area (Å²) in [6, 6.07) is 28.6. The first-order chi connectivity index (χ1) is 12.8. The van der Waals surface area contributed by atoms with Crippen molar-refractivity contribution < 1.29 is 4.57 Å². The summed E-state index contributed by atoms with van der Waals surface area (Å²) in [5, 5.41) is 9.50. The molecule has 6 heteroatoms. The third-order valence-electron chi connectivity index (χ3n) is 4.10. The van der Waals surface area contributed by atoms with E-state index in [1.165, 1.54) is 0 Å². The summed E-state index contributed by atoms with van der Waals surface area (Å²) in [6.07, 6.45) is 1.86. The zero-order valence-electron chi connectivity index (χ0n) is 13.9. The molecule has 1 N–H and O–H groups in total. The highest BCUT2D eigenvalue weighted by atomic mass is 31.2. The molecule has 0 bridgehead atoms. The topological polar surface area (TPSA) is 57.1 Å². The zero-order chi connectivity index (χ0) is 17.8. The van der Waals surface area contributed by atoms with Gasteiger partial charge in [0, 0.05) is 10.6 Å². The van der Waals surface area contributed by atoms with E-state index in [1.807, 2.05) is 97.1 Å². The van der Waals surface area contributed by atoms with Gasteiger partial charge in [0.1, 0.15) is 0 Å². The number of hydrogen-bond donors (Lipinski definition) is 1. The Kier molecular flexibility index (Phi) is 4.38. The molecule has 0 saturated heterocycles. The predicted octanol–water partition coefficient (Wildman–Crippen LogP) is 4.10. The first kappa shape index (κ1) is 16.3. The lowest BCUT2D eigenvalue weighted by Crippen LogP contribution is -2.35. The van der Waals surface area contributed by atoms with Crippen LogP contribution in [0.3, 0.4) is 0 Å². The Morgan fingerprint density at radius 1 is 0.769 bits per heavy atom. The van der Waals surface area contributed by atoms with E-state index in [2.05, 4.69) is 15.9 Å². The van der Waals surface area contributed by atoms with Crippen molar-refractivity contribution >= 4 is 24.0 Å². The zero-order valence-corrected chi connectivity index (χ0v) is 14.8. The summed E-state index contributed by atoms with van der Waals surface area (Å²) in [5.74, 6) is 0.507. The van der Waals surface area contributed by atoms with Crippen molar-refractivity contribution in [1.29, 1.82) is 0 Å². The van der Waals surface area contributed by atoms with Crippen LogP contribution in [0.2, 0.25) is 0 Å². The van der Waals surface area contributed by atoms with E-state index < -0.39 is 7.29 Å². The van der Waals surface area contributed by atoms with E-state index in [0.29, 0.717) is 16.4 Å². The van der Waals surface area contributed by atoms with Gasteiger partial charge in [0.25, 0.3) is 0 Å². The van der Waals surface area contributed by atoms with Crippen molar-refractivity contribution in [2.24, 2.45) is 10.3 Å². The summed E-state index contributed by atoms with van der Waals surface area (Å²) in [7, 11) is -3.20. The number of hydrazine groups is 1. The molecule has 0 aliphatic carbocycles. The molecule has 0 unspecified atom stereocenters. The summed E-state index contributed by atoms with van der Waals surface area (Å²) >= 11 is 0. The first-order valence-corrected chi connectivity index (χ1v) is 9.89. The largest absolute Gasteiger partial charge is 0.288 e. The number of nitrogens with one attached hydrogen (secondary N) is 1. The molecule has 0 radical (unpaired) electrons. The van der Waals surface area contributed by atoms with Gasteiger partial charge in [0.2, 0.25) is 7.29 Å². The molecule has 128 valence electrons. The molecule has 4 rings (SSSR count). The third-order valence-corrected chi connectivity index (χ3v) is 6.95. The van der Waals surface area contributed by atoms with Crippen LogP contribution in [0.5, 0.6) is 0 Å². The lowest BCUT2D eigenvalue weighted by atomic mass is 10.2. The van der Waals surface area contributed by atoms with Gasteiger partial charge in [-0.3, -0.25) is 4.57 Å². The minimum absolute atomic E-state index is 0.507. The van der Waals surface area contributed by atoms with Crippen molar-refractivity contribution in [2.75, 3.05) is 0 Å². The molecular formula is C20H17N4OP. The van der Waals surface area contributed by atoms with Gasteiger partial charge in [-0.05, 0) is 35.9 Å². The van der Waals surface area contributed by atoms with Gasteiger partial charge in [-0.2, -0.15) is 10.3 Å². The number of nitrogens with zero attached hydrogens (tertiary/aromatic N) is 3. The average Bonchev–Trinajstić information content (AvgIpc) is 3.18. The van der Waals surface area contributed by atoms with Crippen LogP contribution in [-0.2, 0) is 4.57 Å². The highest BCUT2D eigenvalue weighted by molar-refractivity contribution is 7.76. The Bertz CT molecular complexity index is 945. The van der Waals surface area contributed by atoms with Crippen molar-refractivity contribution in [3.05, 3.63) is 102 Å². The van der Waals surface area contributed by atoms with Crippen molar-refractivity contribution in [3.8, 4) is 0 Å². The van der Waals surface area contributed by atoms with Crippen LogP contribution in [0.1, 0.15) is 5.56 Å². The number of benzene rings is 3. The second-order valence-electron chi connectivity index (χ2n) is 5.77. The van der Waals surface area contributed by atoms with E-state index in [1.54, 1.807) is 4.78 Å². The van der Waals surface area contributed by atoms with Gasteiger partial charge < -0.3 is 0 Å². The minimum Gasteiger partial charge on any atom is -0.288 e. The second kappa shape index (κ2) is 6.98. The molecule has 1 aliphatic heterocycles. The van der Waals surface area contributed by atoms with E-state index in [4.69, 9.17) is 0 Å². The van der Waals surface area contributed by atoms with Crippen molar-refractivity contribution in [3.63, 3.8) is 0 Å². The van der Waals surface area contributed by atoms with Crippen LogP contribution in [0.25, 0.3) is 6.08 Å². The molecule has 1 heterocycles. The van der Waals surface area contributed by atoms with Crippen LogP contribution in [-0.4, -0.2) is 4.78 Å². The van der Waals surface area contributed by atoms with Gasteiger partial charge >= 0.3 is 0 Å². The van der Waals surface area contributed by atoms with E-state index >= 15 is 0 Å². The molecule has 0 fully saturated rings. The quantitative estimate of drug-likeness (QED) is 0.713. The molecule has 3 aromatic carbocycles. The highest BCUT2D eigenvalue weighted by Gasteiger charge is 2.38. The van der Waals surface area contributed by atoms with Gasteiger partial charge in [-0.1, -0.05) is 72.0 Å². The predicted molar refractivity (Wildman–Crippen MR) is 104 cm³/mol. The summed E-state index contributed by atoms with van der Waals surface area (Å²) < 4.78 is 15.9. The molecule has 26 heavy (non-hydrogen) atoms. The standard InChI is InChI=1S/C20H17N4OP/c25-26(18-12-6-2-7-13-18,19-14-8-3-9-15-19)24-20(21-22-23-24)16-17-10-4-1-5-11-17/h1-16H,(H,21,23)/b20-16-. The van der Waals surface area contributed by atoms with Gasteiger partial charge in [-0.25, -0.2) is 0 Å². The molecule has 0 spiro atoms. The number of rotatable bonds is 4. The normalized spacial score (nSPS) is 15.2. The third kappa shape index (κ3) is 2.93. The Balaban J connectivity index is 1.85. The Morgan fingerprint density at radius 3 is 1.81 bits per heavy atom. The van der Waals surface area contributed by atoms with Crippen LogP contribution in [0.4, 0.5) is 0 Å². The van der Waals surface area contributed by atoms with E-state index in [9.17, 15) is 4.57 Å². The van der Waals surface area contributed by atoms with E-state index in [0.717, 1.165) is 5.56 Å². The first-order valence-electron chi connectivity index (χ1n) is 8.23. The maximum absolute atomic E-state index is 14.3. The summed E-state index contributed by atoms with van der Waals surface area (Å²) in [6.45, 7) is 0. The molecule has 1 aliphatic rings. The fourth-order valence-electron chi connectivity index (χ4n) is 2.85. The van der Waals surface area contributed by atoms with E-state index in [-0.39, 0.29) is 0 Å². The second-order valence-corrected chi connectivity index (χ2v) is 8.36. The van der Waals surface area contributed by atoms with Crippen molar-refractivity contribution in [1.82, 2.24) is 10.3 Å². The Labute approximate surface area is 152 Å². The summed E-state index contributed by atoms with van der Waals surface area (Å²) in [4.78, 5) is 0. The highest BCUT2D eigenvalue weighted by Crippen LogP contribution is 2.50. The Hall–Kier alpha value is -3.17. The Morgan fingerprint density at radius 2 is 1.27 bits per heavy atom. The maximum Gasteiger partial charge on any atom is 0.250 e. The average molecular weight is 360 g/mol. The lowest BCUT2D eigenvalue weighted by molar-refractivity contribution is 0.433. The van der Waals surface area contributed by atoms with Crippen LogP contribution in [0, 0.1) is 0 Å². The number of hydrogen-bond acceptors (Lipinski definition) is 4. The van der Waals surface area contributed by atoms with Crippen molar-refractivity contribution in [2.45, 2.75) is 0 Å². The van der Waals surface area contributed by atoms with Crippen LogP contribution >= 0.6 is 7.29 Å². The van der Waals surface area contributed by atoms with Gasteiger partial charge in [-0.15, -0.1) is 5.11 Å². The smallest absolute Gasteiger partial charge is 0.250 e. The molecule has 3 aromatic rings. The molecule has 0 amide bonds. The maximum atomic E-state index is 14.3. The molecule has 0 saturated carbocycles. The monoisotopic (exact) mass is 360 g/mol. The summed E-state index contributed by atoms with van der Waals surface area (Å²) in [5.41, 5.74) is 3.79. The molecule has 0 aromatic heterocycles. The van der Waals surface area contributed by atoms with Crippen LogP contribution in [0.15, 0.2) is 107 Å². The lowest BCUT2D eigenvalue weighted by Gasteiger charge is -2.28. The van der Waals surface area contributed by atoms with Gasteiger partial charge in [0.15, 0.2) is 5.82 Å².